The molecule has 0 atom stereocenters. The molecule has 0 unspecified atom stereocenters. The number of benzene rings is 2. The Labute approximate surface area is 115 Å². The molecule has 98 valence electrons. The summed E-state index contributed by atoms with van der Waals surface area (Å²) < 4.78 is 0. The number of H-pyrrole nitrogens is 1. The summed E-state index contributed by atoms with van der Waals surface area (Å²) in [5.41, 5.74) is 4.14. The summed E-state index contributed by atoms with van der Waals surface area (Å²) in [6, 6.07) is 16.8. The highest BCUT2D eigenvalue weighted by molar-refractivity contribution is 5.80. The van der Waals surface area contributed by atoms with Crippen LogP contribution in [0.2, 0.25) is 0 Å². The molecule has 2 aromatic carbocycles. The maximum atomic E-state index is 11.8. The maximum Gasteiger partial charge on any atom is 0.260 e. The van der Waals surface area contributed by atoms with Crippen LogP contribution in [-0.2, 0) is 0 Å². The first kappa shape index (κ1) is 12.1. The molecular formula is C15H12N4O. The average Bonchev–Trinajstić information content (AvgIpc) is 2.48. The summed E-state index contributed by atoms with van der Waals surface area (Å²) in [5.74, 6) is 0.320. The topological polar surface area (TPSA) is 70.1 Å². The average molecular weight is 264 g/mol. The van der Waals surface area contributed by atoms with Gasteiger partial charge in [0.1, 0.15) is 0 Å². The Kier molecular flexibility index (Phi) is 3.24. The van der Waals surface area contributed by atoms with Gasteiger partial charge >= 0.3 is 0 Å². The molecule has 20 heavy (non-hydrogen) atoms. The zero-order valence-corrected chi connectivity index (χ0v) is 10.6. The van der Waals surface area contributed by atoms with E-state index in [1.165, 1.54) is 0 Å². The van der Waals surface area contributed by atoms with E-state index >= 15 is 0 Å². The molecule has 3 rings (SSSR count). The van der Waals surface area contributed by atoms with Gasteiger partial charge < -0.3 is 0 Å². The number of para-hydroxylation sites is 1. The molecule has 0 radical (unpaired) electrons. The van der Waals surface area contributed by atoms with Crippen molar-refractivity contribution in [2.75, 3.05) is 5.43 Å². The molecule has 0 bridgehead atoms. The summed E-state index contributed by atoms with van der Waals surface area (Å²) >= 11 is 0. The number of hydrogen-bond acceptors (Lipinski definition) is 4. The molecule has 3 aromatic rings. The molecule has 0 saturated heterocycles. The Morgan fingerprint density at radius 1 is 1.05 bits per heavy atom. The second kappa shape index (κ2) is 5.36. The largest absolute Gasteiger partial charge is 0.291 e. The van der Waals surface area contributed by atoms with Gasteiger partial charge in [0.25, 0.3) is 5.56 Å². The predicted molar refractivity (Wildman–Crippen MR) is 80.0 cm³/mol. The summed E-state index contributed by atoms with van der Waals surface area (Å²) in [4.78, 5) is 18.8. The maximum absolute atomic E-state index is 11.8. The second-order valence-electron chi connectivity index (χ2n) is 4.21. The summed E-state index contributed by atoms with van der Waals surface area (Å²) in [6.45, 7) is 0. The Balaban J connectivity index is 1.85. The second-order valence-corrected chi connectivity index (χ2v) is 4.21. The Bertz CT molecular complexity index is 809. The number of aromatic nitrogens is 2. The van der Waals surface area contributed by atoms with Crippen LogP contribution in [0.15, 0.2) is 64.5 Å². The van der Waals surface area contributed by atoms with E-state index in [1.54, 1.807) is 24.4 Å². The Hall–Kier alpha value is -2.95. The van der Waals surface area contributed by atoms with Gasteiger partial charge in [-0.25, -0.2) is 10.4 Å². The fourth-order valence-electron chi connectivity index (χ4n) is 1.85. The lowest BCUT2D eigenvalue weighted by Gasteiger charge is -2.01. The number of hydrogen-bond donors (Lipinski definition) is 2. The van der Waals surface area contributed by atoms with Gasteiger partial charge in [-0.2, -0.15) is 5.10 Å². The lowest BCUT2D eigenvalue weighted by atomic mass is 10.2. The number of fused-ring (bicyclic) bond motifs is 1. The van der Waals surface area contributed by atoms with E-state index in [0.717, 1.165) is 5.56 Å². The number of nitrogens with zero attached hydrogens (tertiary/aromatic N) is 2. The van der Waals surface area contributed by atoms with Crippen molar-refractivity contribution in [2.45, 2.75) is 0 Å². The molecule has 0 aliphatic carbocycles. The molecule has 1 heterocycles. The molecule has 5 nitrogen and oxygen atoms in total. The molecule has 2 N–H and O–H groups in total. The standard InChI is InChI=1S/C15H12N4O/c20-14-12-8-4-5-9-13(12)17-15(18-14)19-16-10-11-6-2-1-3-7-11/h1-10H,(H2,17,18,19,20)/b16-10-. The van der Waals surface area contributed by atoms with Crippen molar-refractivity contribution in [3.8, 4) is 0 Å². The van der Waals surface area contributed by atoms with Gasteiger partial charge in [0.05, 0.1) is 17.1 Å². The van der Waals surface area contributed by atoms with Gasteiger partial charge in [-0.1, -0.05) is 42.5 Å². The van der Waals surface area contributed by atoms with Crippen molar-refractivity contribution < 1.29 is 0 Å². The molecule has 1 aromatic heterocycles. The van der Waals surface area contributed by atoms with E-state index < -0.39 is 0 Å². The number of nitrogens with one attached hydrogen (secondary N) is 2. The molecule has 0 spiro atoms. The normalized spacial score (nSPS) is 11.0. The van der Waals surface area contributed by atoms with Crippen molar-refractivity contribution >= 4 is 23.1 Å². The molecule has 0 aliphatic rings. The van der Waals surface area contributed by atoms with E-state index in [9.17, 15) is 4.79 Å². The Morgan fingerprint density at radius 2 is 1.80 bits per heavy atom. The van der Waals surface area contributed by atoms with Crippen molar-refractivity contribution in [1.82, 2.24) is 9.97 Å². The highest BCUT2D eigenvalue weighted by Crippen LogP contribution is 2.07. The van der Waals surface area contributed by atoms with Crippen LogP contribution in [-0.4, -0.2) is 16.2 Å². The van der Waals surface area contributed by atoms with E-state index in [2.05, 4.69) is 20.5 Å². The van der Waals surface area contributed by atoms with Crippen LogP contribution in [0.3, 0.4) is 0 Å². The molecule has 5 heteroatoms. The third-order valence-electron chi connectivity index (χ3n) is 2.80. The third kappa shape index (κ3) is 2.56. The van der Waals surface area contributed by atoms with Gasteiger partial charge in [-0.05, 0) is 17.7 Å². The van der Waals surface area contributed by atoms with Crippen LogP contribution in [0.25, 0.3) is 10.9 Å². The fraction of sp³-hybridized carbons (Fsp3) is 0. The van der Waals surface area contributed by atoms with Crippen molar-refractivity contribution in [1.29, 1.82) is 0 Å². The minimum Gasteiger partial charge on any atom is -0.291 e. The number of aromatic amines is 1. The summed E-state index contributed by atoms with van der Waals surface area (Å²) in [6.07, 6.45) is 1.66. The van der Waals surface area contributed by atoms with Crippen LogP contribution >= 0.6 is 0 Å². The quantitative estimate of drug-likeness (QED) is 0.563. The van der Waals surface area contributed by atoms with E-state index in [4.69, 9.17) is 0 Å². The van der Waals surface area contributed by atoms with Crippen LogP contribution in [0.5, 0.6) is 0 Å². The van der Waals surface area contributed by atoms with Gasteiger partial charge in [0.15, 0.2) is 0 Å². The van der Waals surface area contributed by atoms with Gasteiger partial charge in [0.2, 0.25) is 5.95 Å². The monoisotopic (exact) mass is 264 g/mol. The van der Waals surface area contributed by atoms with Crippen LogP contribution in [0.1, 0.15) is 5.56 Å². The number of anilines is 1. The van der Waals surface area contributed by atoms with Gasteiger partial charge in [-0.3, -0.25) is 9.78 Å². The first-order valence-electron chi connectivity index (χ1n) is 6.16. The van der Waals surface area contributed by atoms with Crippen molar-refractivity contribution in [3.05, 3.63) is 70.5 Å². The zero-order valence-electron chi connectivity index (χ0n) is 10.6. The van der Waals surface area contributed by atoms with Gasteiger partial charge in [0, 0.05) is 0 Å². The van der Waals surface area contributed by atoms with E-state index in [0.29, 0.717) is 16.9 Å². The molecule has 0 saturated carbocycles. The molecule has 0 amide bonds. The number of rotatable bonds is 3. The summed E-state index contributed by atoms with van der Waals surface area (Å²) in [5, 5.41) is 4.61. The highest BCUT2D eigenvalue weighted by atomic mass is 16.1. The minimum absolute atomic E-state index is 0.187. The lowest BCUT2D eigenvalue weighted by Crippen LogP contribution is -2.10. The fourth-order valence-corrected chi connectivity index (χ4v) is 1.85. The number of hydrazone groups is 1. The van der Waals surface area contributed by atoms with E-state index in [1.807, 2.05) is 36.4 Å². The minimum atomic E-state index is -0.187. The third-order valence-corrected chi connectivity index (χ3v) is 2.80. The van der Waals surface area contributed by atoms with Crippen LogP contribution in [0.4, 0.5) is 5.95 Å². The zero-order chi connectivity index (χ0) is 13.8. The van der Waals surface area contributed by atoms with E-state index in [-0.39, 0.29) is 5.56 Å². The summed E-state index contributed by atoms with van der Waals surface area (Å²) in [7, 11) is 0. The Morgan fingerprint density at radius 3 is 2.65 bits per heavy atom. The SMILES string of the molecule is O=c1[nH]c(N/N=C\c2ccccc2)nc2ccccc12. The molecular weight excluding hydrogens is 252 g/mol. The predicted octanol–water partition coefficient (Wildman–Crippen LogP) is 2.37. The highest BCUT2D eigenvalue weighted by Gasteiger charge is 2.01. The van der Waals surface area contributed by atoms with Crippen LogP contribution in [0, 0.1) is 0 Å². The first-order valence-corrected chi connectivity index (χ1v) is 6.16. The first-order chi connectivity index (χ1) is 9.83. The molecule has 0 aliphatic heterocycles. The van der Waals surface area contributed by atoms with Crippen molar-refractivity contribution in [3.63, 3.8) is 0 Å². The smallest absolute Gasteiger partial charge is 0.260 e. The van der Waals surface area contributed by atoms with Crippen LogP contribution < -0.4 is 11.0 Å². The molecule has 0 fully saturated rings. The van der Waals surface area contributed by atoms with Gasteiger partial charge in [-0.15, -0.1) is 0 Å². The van der Waals surface area contributed by atoms with Crippen molar-refractivity contribution in [2.24, 2.45) is 5.10 Å². The lowest BCUT2D eigenvalue weighted by molar-refractivity contribution is 1.12.